The number of furan rings is 1. The van der Waals surface area contributed by atoms with E-state index in [1.807, 2.05) is 0 Å². The topological polar surface area (TPSA) is 75.5 Å². The van der Waals surface area contributed by atoms with Crippen LogP contribution in [0.1, 0.15) is 32.1 Å². The van der Waals surface area contributed by atoms with Gasteiger partial charge in [-0.15, -0.1) is 0 Å². The van der Waals surface area contributed by atoms with Gasteiger partial charge in [0.05, 0.1) is 25.0 Å². The summed E-state index contributed by atoms with van der Waals surface area (Å²) in [6.07, 6.45) is 6.64. The number of nitrogens with zero attached hydrogens (tertiary/aromatic N) is 3. The maximum atomic E-state index is 9.11. The van der Waals surface area contributed by atoms with Gasteiger partial charge in [-0.3, -0.25) is 4.90 Å². The molecule has 0 spiro atoms. The predicted molar refractivity (Wildman–Crippen MR) is 73.9 cm³/mol. The summed E-state index contributed by atoms with van der Waals surface area (Å²) >= 11 is 0. The Bertz CT molecular complexity index is 482. The largest absolute Gasteiger partial charge is 0.472 e. The molecule has 2 rings (SSSR count). The predicted octanol–water partition coefficient (Wildman–Crippen LogP) is 2.31. The Balaban J connectivity index is 1.92. The number of aliphatic hydroxyl groups excluding tert-OH is 1. The molecular formula is C14H21N3O3. The lowest BCUT2D eigenvalue weighted by Crippen LogP contribution is -2.27. The summed E-state index contributed by atoms with van der Waals surface area (Å²) in [7, 11) is 0. The first-order valence-electron chi connectivity index (χ1n) is 7.02. The quantitative estimate of drug-likeness (QED) is 0.710. The van der Waals surface area contributed by atoms with Gasteiger partial charge in [-0.05, 0) is 19.0 Å². The van der Waals surface area contributed by atoms with Gasteiger partial charge in [0, 0.05) is 6.54 Å². The maximum Gasteiger partial charge on any atom is 0.241 e. The summed E-state index contributed by atoms with van der Waals surface area (Å²) in [6.45, 7) is 4.42. The molecule has 20 heavy (non-hydrogen) atoms. The molecule has 6 nitrogen and oxygen atoms in total. The summed E-state index contributed by atoms with van der Waals surface area (Å²) in [5, 5.41) is 13.0. The van der Waals surface area contributed by atoms with Crippen LogP contribution in [-0.2, 0) is 6.54 Å². The molecule has 0 atom stereocenters. The minimum Gasteiger partial charge on any atom is -0.472 e. The van der Waals surface area contributed by atoms with Crippen LogP contribution in [0.4, 0.5) is 0 Å². The van der Waals surface area contributed by atoms with Crippen molar-refractivity contribution >= 4 is 0 Å². The number of unbranched alkanes of at least 4 members (excludes halogenated alkanes) is 2. The van der Waals surface area contributed by atoms with E-state index in [9.17, 15) is 0 Å². The third kappa shape index (κ3) is 4.18. The number of hydrogen-bond acceptors (Lipinski definition) is 6. The van der Waals surface area contributed by atoms with Crippen LogP contribution in [-0.4, -0.2) is 39.8 Å². The Kier molecular flexibility index (Phi) is 5.76. The lowest BCUT2D eigenvalue weighted by atomic mass is 10.2. The van der Waals surface area contributed by atoms with Gasteiger partial charge < -0.3 is 14.0 Å². The maximum absolute atomic E-state index is 9.11. The van der Waals surface area contributed by atoms with Crippen molar-refractivity contribution in [3.8, 4) is 11.4 Å². The molecule has 0 saturated carbocycles. The SMILES string of the molecule is CCCCCN(CCO)Cc1nc(-c2ccoc2)no1. The molecule has 0 saturated heterocycles. The van der Waals surface area contributed by atoms with E-state index in [0.29, 0.717) is 24.8 Å². The van der Waals surface area contributed by atoms with E-state index >= 15 is 0 Å². The number of aliphatic hydroxyl groups is 1. The number of aromatic nitrogens is 2. The van der Waals surface area contributed by atoms with Crippen LogP contribution in [0.15, 0.2) is 27.5 Å². The van der Waals surface area contributed by atoms with E-state index in [1.54, 1.807) is 18.6 Å². The molecular weight excluding hydrogens is 258 g/mol. The monoisotopic (exact) mass is 279 g/mol. The standard InChI is InChI=1S/C14H21N3O3/c1-2-3-4-6-17(7-8-18)10-13-15-14(16-20-13)12-5-9-19-11-12/h5,9,11,18H,2-4,6-8,10H2,1H3. The lowest BCUT2D eigenvalue weighted by Gasteiger charge is -2.18. The highest BCUT2D eigenvalue weighted by Crippen LogP contribution is 2.16. The minimum absolute atomic E-state index is 0.134. The molecule has 0 aliphatic rings. The average molecular weight is 279 g/mol. The minimum atomic E-state index is 0.134. The molecule has 6 heteroatoms. The molecule has 0 unspecified atom stereocenters. The fourth-order valence-electron chi connectivity index (χ4n) is 2.02. The smallest absolute Gasteiger partial charge is 0.241 e. The highest BCUT2D eigenvalue weighted by molar-refractivity contribution is 5.51. The Morgan fingerprint density at radius 3 is 2.90 bits per heavy atom. The fraction of sp³-hybridized carbons (Fsp3) is 0.571. The van der Waals surface area contributed by atoms with Crippen molar-refractivity contribution in [2.75, 3.05) is 19.7 Å². The van der Waals surface area contributed by atoms with Gasteiger partial charge in [0.1, 0.15) is 6.26 Å². The van der Waals surface area contributed by atoms with E-state index < -0.39 is 0 Å². The summed E-state index contributed by atoms with van der Waals surface area (Å²) < 4.78 is 10.2. The zero-order chi connectivity index (χ0) is 14.2. The van der Waals surface area contributed by atoms with Gasteiger partial charge in [0.2, 0.25) is 11.7 Å². The van der Waals surface area contributed by atoms with Crippen molar-refractivity contribution in [1.82, 2.24) is 15.0 Å². The number of rotatable bonds is 9. The second kappa shape index (κ2) is 7.81. The third-order valence-corrected chi connectivity index (χ3v) is 3.10. The van der Waals surface area contributed by atoms with Crippen LogP contribution in [0.3, 0.4) is 0 Å². The second-order valence-corrected chi connectivity index (χ2v) is 4.73. The first kappa shape index (κ1) is 14.7. The summed E-state index contributed by atoms with van der Waals surface area (Å²) in [5.41, 5.74) is 0.805. The van der Waals surface area contributed by atoms with Crippen LogP contribution in [0, 0.1) is 0 Å². The van der Waals surface area contributed by atoms with Crippen LogP contribution >= 0.6 is 0 Å². The number of hydrogen-bond donors (Lipinski definition) is 1. The average Bonchev–Trinajstić information content (AvgIpc) is 3.09. The Hall–Kier alpha value is -1.66. The molecule has 0 fully saturated rings. The lowest BCUT2D eigenvalue weighted by molar-refractivity contribution is 0.171. The van der Waals surface area contributed by atoms with Gasteiger partial charge in [-0.2, -0.15) is 4.98 Å². The zero-order valence-electron chi connectivity index (χ0n) is 11.8. The molecule has 2 aromatic heterocycles. The second-order valence-electron chi connectivity index (χ2n) is 4.73. The van der Waals surface area contributed by atoms with Crippen LogP contribution in [0.5, 0.6) is 0 Å². The summed E-state index contributed by atoms with van der Waals surface area (Å²) in [4.78, 5) is 6.47. The molecule has 0 aliphatic heterocycles. The molecule has 1 N–H and O–H groups in total. The van der Waals surface area contributed by atoms with E-state index in [2.05, 4.69) is 22.0 Å². The molecule has 0 amide bonds. The van der Waals surface area contributed by atoms with E-state index in [0.717, 1.165) is 18.5 Å². The summed E-state index contributed by atoms with van der Waals surface area (Å²) in [5.74, 6) is 1.09. The van der Waals surface area contributed by atoms with E-state index in [1.165, 1.54) is 12.8 Å². The van der Waals surface area contributed by atoms with Crippen molar-refractivity contribution in [1.29, 1.82) is 0 Å². The Morgan fingerprint density at radius 1 is 1.30 bits per heavy atom. The van der Waals surface area contributed by atoms with E-state index in [4.69, 9.17) is 14.0 Å². The molecule has 2 aromatic rings. The van der Waals surface area contributed by atoms with Gasteiger partial charge in [0.25, 0.3) is 0 Å². The van der Waals surface area contributed by atoms with Gasteiger partial charge in [-0.1, -0.05) is 24.9 Å². The first-order chi connectivity index (χ1) is 9.83. The molecule has 0 aromatic carbocycles. The molecule has 2 heterocycles. The molecule has 110 valence electrons. The van der Waals surface area contributed by atoms with E-state index in [-0.39, 0.29) is 6.61 Å². The molecule has 0 aliphatic carbocycles. The summed E-state index contributed by atoms with van der Waals surface area (Å²) in [6, 6.07) is 1.79. The molecule has 0 bridgehead atoms. The Morgan fingerprint density at radius 2 is 2.20 bits per heavy atom. The Labute approximate surface area is 118 Å². The van der Waals surface area contributed by atoms with Crippen molar-refractivity contribution < 1.29 is 14.0 Å². The van der Waals surface area contributed by atoms with Crippen molar-refractivity contribution in [3.05, 3.63) is 24.5 Å². The van der Waals surface area contributed by atoms with Gasteiger partial charge >= 0.3 is 0 Å². The normalized spacial score (nSPS) is 11.3. The van der Waals surface area contributed by atoms with Gasteiger partial charge in [-0.25, -0.2) is 0 Å². The zero-order valence-corrected chi connectivity index (χ0v) is 11.8. The fourth-order valence-corrected chi connectivity index (χ4v) is 2.02. The van der Waals surface area contributed by atoms with Crippen LogP contribution in [0.2, 0.25) is 0 Å². The highest BCUT2D eigenvalue weighted by atomic mass is 16.5. The van der Waals surface area contributed by atoms with Crippen LogP contribution in [0.25, 0.3) is 11.4 Å². The first-order valence-corrected chi connectivity index (χ1v) is 7.02. The van der Waals surface area contributed by atoms with Gasteiger partial charge in [0.15, 0.2) is 0 Å². The van der Waals surface area contributed by atoms with Crippen molar-refractivity contribution in [2.45, 2.75) is 32.7 Å². The van der Waals surface area contributed by atoms with Crippen molar-refractivity contribution in [2.24, 2.45) is 0 Å². The third-order valence-electron chi connectivity index (χ3n) is 3.10. The van der Waals surface area contributed by atoms with Crippen LogP contribution < -0.4 is 0 Å². The highest BCUT2D eigenvalue weighted by Gasteiger charge is 2.13. The van der Waals surface area contributed by atoms with Crippen molar-refractivity contribution in [3.63, 3.8) is 0 Å². The molecule has 0 radical (unpaired) electrons.